The van der Waals surface area contributed by atoms with Crippen molar-refractivity contribution in [2.75, 3.05) is 0 Å². The number of nitrogens with zero attached hydrogens (tertiary/aromatic N) is 2. The number of aromatic nitrogens is 2. The summed E-state index contributed by atoms with van der Waals surface area (Å²) >= 11 is 0. The van der Waals surface area contributed by atoms with Gasteiger partial charge >= 0.3 is 0 Å². The molecule has 6 nitrogen and oxygen atoms in total. The van der Waals surface area contributed by atoms with Crippen LogP contribution in [0, 0.1) is 0 Å². The molecule has 0 saturated carbocycles. The quantitative estimate of drug-likeness (QED) is 0.680. The first-order chi connectivity index (χ1) is 14.1. The number of amides is 2. The van der Waals surface area contributed by atoms with Gasteiger partial charge in [-0.3, -0.25) is 14.6 Å². The van der Waals surface area contributed by atoms with E-state index in [-0.39, 0.29) is 17.7 Å². The van der Waals surface area contributed by atoms with Crippen molar-refractivity contribution >= 4 is 22.7 Å². The Kier molecular flexibility index (Phi) is 5.34. The fraction of sp³-hybridized carbons (Fsp3) is 0.348. The Morgan fingerprint density at radius 1 is 1.07 bits per heavy atom. The predicted molar refractivity (Wildman–Crippen MR) is 112 cm³/mol. The zero-order valence-corrected chi connectivity index (χ0v) is 16.8. The molecule has 0 bridgehead atoms. The third-order valence-electron chi connectivity index (χ3n) is 5.63. The normalized spacial score (nSPS) is 20.3. The van der Waals surface area contributed by atoms with Gasteiger partial charge < -0.3 is 15.2 Å². The third-order valence-corrected chi connectivity index (χ3v) is 5.63. The smallest absolute Gasteiger partial charge is 0.243 e. The van der Waals surface area contributed by atoms with E-state index in [1.54, 1.807) is 6.20 Å². The van der Waals surface area contributed by atoms with Crippen LogP contribution in [0.1, 0.15) is 37.4 Å². The van der Waals surface area contributed by atoms with Crippen LogP contribution in [0.4, 0.5) is 0 Å². The number of hydrogen-bond donors (Lipinski definition) is 2. The van der Waals surface area contributed by atoms with Crippen LogP contribution in [0.25, 0.3) is 10.9 Å². The minimum atomic E-state index is -0.595. The molecule has 1 aromatic carbocycles. The molecule has 6 heteroatoms. The van der Waals surface area contributed by atoms with Crippen LogP contribution in [0.5, 0.6) is 0 Å². The third kappa shape index (κ3) is 3.75. The number of hydrogen-bond acceptors (Lipinski definition) is 3. The number of carbonyl (C=O) groups excluding carboxylic acids is 2. The van der Waals surface area contributed by atoms with Crippen molar-refractivity contribution < 1.29 is 9.59 Å². The monoisotopic (exact) mass is 390 g/mol. The highest BCUT2D eigenvalue weighted by atomic mass is 16.2. The van der Waals surface area contributed by atoms with Gasteiger partial charge in [0.25, 0.3) is 0 Å². The van der Waals surface area contributed by atoms with Crippen molar-refractivity contribution in [3.8, 4) is 0 Å². The molecule has 0 aliphatic carbocycles. The summed E-state index contributed by atoms with van der Waals surface area (Å²) in [5, 5.41) is 6.98. The topological polar surface area (TPSA) is 76.0 Å². The molecule has 1 fully saturated rings. The van der Waals surface area contributed by atoms with E-state index in [2.05, 4.69) is 45.4 Å². The Morgan fingerprint density at radius 2 is 1.86 bits per heavy atom. The Labute approximate surface area is 170 Å². The second-order valence-electron chi connectivity index (χ2n) is 7.66. The lowest BCUT2D eigenvalue weighted by molar-refractivity contribution is -0.137. The first-order valence-electron chi connectivity index (χ1n) is 10.2. The van der Waals surface area contributed by atoms with E-state index in [0.717, 1.165) is 35.1 Å². The van der Waals surface area contributed by atoms with Gasteiger partial charge in [0.2, 0.25) is 11.8 Å². The maximum absolute atomic E-state index is 12.9. The first-order valence-corrected chi connectivity index (χ1v) is 10.2. The molecule has 2 N–H and O–H groups in total. The van der Waals surface area contributed by atoms with Gasteiger partial charge in [0, 0.05) is 47.9 Å². The number of benzene rings is 1. The molecule has 3 heterocycles. The van der Waals surface area contributed by atoms with Crippen molar-refractivity contribution in [3.63, 3.8) is 0 Å². The Hall–Kier alpha value is -3.15. The van der Waals surface area contributed by atoms with E-state index in [1.807, 2.05) is 37.3 Å². The second kappa shape index (κ2) is 8.07. The number of aryl methyl sites for hydroxylation is 1. The van der Waals surface area contributed by atoms with Crippen LogP contribution in [-0.2, 0) is 22.6 Å². The molecule has 2 amide bonds. The summed E-state index contributed by atoms with van der Waals surface area (Å²) in [6, 6.07) is 12.6. The predicted octanol–water partition coefficient (Wildman–Crippen LogP) is 2.78. The van der Waals surface area contributed by atoms with Gasteiger partial charge in [-0.15, -0.1) is 0 Å². The molecule has 3 aromatic rings. The number of nitrogens with one attached hydrogen (secondary N) is 2. The van der Waals surface area contributed by atoms with E-state index in [9.17, 15) is 9.59 Å². The zero-order valence-electron chi connectivity index (χ0n) is 16.8. The van der Waals surface area contributed by atoms with Crippen molar-refractivity contribution in [2.45, 2.75) is 51.2 Å². The Bertz CT molecular complexity index is 1030. The molecule has 4 rings (SSSR count). The van der Waals surface area contributed by atoms with Crippen LogP contribution >= 0.6 is 0 Å². The molecule has 1 aliphatic rings. The van der Waals surface area contributed by atoms with Gasteiger partial charge in [0.1, 0.15) is 12.1 Å². The molecule has 0 radical (unpaired) electrons. The van der Waals surface area contributed by atoms with E-state index >= 15 is 0 Å². The summed E-state index contributed by atoms with van der Waals surface area (Å²) in [6.45, 7) is 5.07. The summed E-state index contributed by atoms with van der Waals surface area (Å²) in [7, 11) is 0. The van der Waals surface area contributed by atoms with E-state index < -0.39 is 12.1 Å². The lowest BCUT2D eigenvalue weighted by Crippen LogP contribution is -2.63. The number of fused-ring (bicyclic) bond motifs is 1. The molecular weight excluding hydrogens is 364 g/mol. The van der Waals surface area contributed by atoms with Gasteiger partial charge in [0.15, 0.2) is 0 Å². The van der Waals surface area contributed by atoms with Crippen LogP contribution < -0.4 is 10.6 Å². The largest absolute Gasteiger partial charge is 0.347 e. The summed E-state index contributed by atoms with van der Waals surface area (Å²) < 4.78 is 2.23. The van der Waals surface area contributed by atoms with Crippen LogP contribution in [0.15, 0.2) is 54.9 Å². The number of pyridine rings is 1. The van der Waals surface area contributed by atoms with E-state index in [0.29, 0.717) is 6.42 Å². The number of piperazine rings is 1. The minimum absolute atomic E-state index is 0.141. The van der Waals surface area contributed by atoms with E-state index in [4.69, 9.17) is 0 Å². The number of para-hydroxylation sites is 1. The molecule has 1 aliphatic heterocycles. The Morgan fingerprint density at radius 3 is 2.62 bits per heavy atom. The van der Waals surface area contributed by atoms with Gasteiger partial charge in [-0.25, -0.2) is 0 Å². The SMILES string of the molecule is CCCn1cc([C@@H](C)[C@H]2NC(=O)[C@H](Cc3ccccn3)NC2=O)c2ccccc21. The summed E-state index contributed by atoms with van der Waals surface area (Å²) in [6.07, 6.45) is 5.23. The molecule has 29 heavy (non-hydrogen) atoms. The Balaban J connectivity index is 1.56. The molecular formula is C23H26N4O2. The van der Waals surface area contributed by atoms with Crippen molar-refractivity contribution in [2.24, 2.45) is 0 Å². The fourth-order valence-corrected chi connectivity index (χ4v) is 4.11. The second-order valence-corrected chi connectivity index (χ2v) is 7.66. The first kappa shape index (κ1) is 19.2. The van der Waals surface area contributed by atoms with Crippen LogP contribution in [0.3, 0.4) is 0 Å². The molecule has 0 unspecified atom stereocenters. The highest BCUT2D eigenvalue weighted by Crippen LogP contribution is 2.31. The zero-order chi connectivity index (χ0) is 20.4. The average molecular weight is 390 g/mol. The number of rotatable bonds is 6. The van der Waals surface area contributed by atoms with Crippen LogP contribution in [0.2, 0.25) is 0 Å². The van der Waals surface area contributed by atoms with Gasteiger partial charge in [-0.05, 0) is 30.2 Å². The van der Waals surface area contributed by atoms with Crippen LogP contribution in [-0.4, -0.2) is 33.4 Å². The maximum atomic E-state index is 12.9. The summed E-state index contributed by atoms with van der Waals surface area (Å²) in [4.78, 5) is 29.8. The minimum Gasteiger partial charge on any atom is -0.347 e. The molecule has 150 valence electrons. The van der Waals surface area contributed by atoms with E-state index in [1.165, 1.54) is 0 Å². The molecule has 0 spiro atoms. The highest BCUT2D eigenvalue weighted by Gasteiger charge is 2.38. The lowest BCUT2D eigenvalue weighted by atomic mass is 9.90. The highest BCUT2D eigenvalue weighted by molar-refractivity contribution is 5.98. The van der Waals surface area contributed by atoms with Crippen molar-refractivity contribution in [1.29, 1.82) is 0 Å². The van der Waals surface area contributed by atoms with Crippen molar-refractivity contribution in [1.82, 2.24) is 20.2 Å². The lowest BCUT2D eigenvalue weighted by Gasteiger charge is -2.32. The number of carbonyl (C=O) groups is 2. The van der Waals surface area contributed by atoms with Crippen molar-refractivity contribution in [3.05, 3.63) is 66.1 Å². The maximum Gasteiger partial charge on any atom is 0.243 e. The average Bonchev–Trinajstić information content (AvgIpc) is 3.10. The summed E-state index contributed by atoms with van der Waals surface area (Å²) in [5.41, 5.74) is 3.02. The van der Waals surface area contributed by atoms with Gasteiger partial charge in [0.05, 0.1) is 0 Å². The molecule has 2 aromatic heterocycles. The molecule has 1 saturated heterocycles. The summed E-state index contributed by atoms with van der Waals surface area (Å²) in [5.74, 6) is -0.451. The molecule has 3 atom stereocenters. The fourth-order valence-electron chi connectivity index (χ4n) is 4.11. The standard InChI is InChI=1S/C23H26N4O2/c1-3-12-27-14-18(17-9-4-5-10-20(17)27)15(2)21-23(29)25-19(22(28)26-21)13-16-8-6-7-11-24-16/h4-11,14-15,19,21H,3,12-13H2,1-2H3,(H,25,29)(H,26,28)/t15-,19+,21-/m1/s1. The van der Waals surface area contributed by atoms with Gasteiger partial charge in [-0.2, -0.15) is 0 Å². The van der Waals surface area contributed by atoms with Gasteiger partial charge in [-0.1, -0.05) is 38.1 Å².